The molecule has 1 aromatic rings. The molecule has 86 valence electrons. The van der Waals surface area contributed by atoms with Gasteiger partial charge in [0, 0.05) is 29.7 Å². The van der Waals surface area contributed by atoms with Crippen LogP contribution in [0, 0.1) is 5.92 Å². The Kier molecular flexibility index (Phi) is 3.34. The van der Waals surface area contributed by atoms with Crippen LogP contribution < -0.4 is 10.6 Å². The quantitative estimate of drug-likeness (QED) is 0.857. The highest BCUT2D eigenvalue weighted by atomic mass is 35.5. The van der Waals surface area contributed by atoms with E-state index in [-0.39, 0.29) is 11.8 Å². The van der Waals surface area contributed by atoms with Gasteiger partial charge in [-0.1, -0.05) is 17.7 Å². The molecule has 1 aliphatic heterocycles. The molecule has 0 aliphatic carbocycles. The second-order valence-electron chi connectivity index (χ2n) is 4.14. The highest BCUT2D eigenvalue weighted by molar-refractivity contribution is 6.30. The molecule has 0 bridgehead atoms. The molecule has 0 saturated carbocycles. The van der Waals surface area contributed by atoms with Crippen LogP contribution in [0.2, 0.25) is 5.02 Å². The number of benzene rings is 1. The summed E-state index contributed by atoms with van der Waals surface area (Å²) in [4.78, 5) is 13.3. The number of carbonyl (C=O) groups is 1. The van der Waals surface area contributed by atoms with Gasteiger partial charge in [-0.25, -0.2) is 0 Å². The first-order valence-corrected chi connectivity index (χ1v) is 5.84. The molecular weight excluding hydrogens is 224 g/mol. The van der Waals surface area contributed by atoms with Gasteiger partial charge in [-0.05, 0) is 31.0 Å². The lowest BCUT2D eigenvalue weighted by Crippen LogP contribution is -2.38. The summed E-state index contributed by atoms with van der Waals surface area (Å²) in [6.45, 7) is 1.74. The molecular formula is C12H15ClN2O. The zero-order valence-electron chi connectivity index (χ0n) is 9.03. The third-order valence-electron chi connectivity index (χ3n) is 3.07. The van der Waals surface area contributed by atoms with Gasteiger partial charge in [-0.15, -0.1) is 0 Å². The maximum Gasteiger partial charge on any atom is 0.220 e. The van der Waals surface area contributed by atoms with Crippen LogP contribution in [0.4, 0.5) is 5.69 Å². The normalized spacial score (nSPS) is 17.4. The number of hydrogen-bond donors (Lipinski definition) is 1. The number of rotatable bonds is 2. The van der Waals surface area contributed by atoms with Crippen molar-refractivity contribution in [1.82, 2.24) is 0 Å². The Morgan fingerprint density at radius 1 is 1.38 bits per heavy atom. The van der Waals surface area contributed by atoms with Crippen molar-refractivity contribution in [2.24, 2.45) is 11.7 Å². The van der Waals surface area contributed by atoms with Crippen LogP contribution in [0.15, 0.2) is 24.3 Å². The molecule has 1 aliphatic rings. The van der Waals surface area contributed by atoms with Gasteiger partial charge in [0.25, 0.3) is 0 Å². The molecule has 1 saturated heterocycles. The van der Waals surface area contributed by atoms with Crippen LogP contribution in [-0.4, -0.2) is 19.0 Å². The molecule has 16 heavy (non-hydrogen) atoms. The minimum absolute atomic E-state index is 0.0374. The summed E-state index contributed by atoms with van der Waals surface area (Å²) in [5.74, 6) is -0.138. The third-order valence-corrected chi connectivity index (χ3v) is 3.31. The van der Waals surface area contributed by atoms with Gasteiger partial charge >= 0.3 is 0 Å². The monoisotopic (exact) mass is 238 g/mol. The van der Waals surface area contributed by atoms with Crippen LogP contribution in [-0.2, 0) is 4.79 Å². The maximum absolute atomic E-state index is 11.0. The second kappa shape index (κ2) is 4.74. The molecule has 0 radical (unpaired) electrons. The molecule has 4 heteroatoms. The minimum Gasteiger partial charge on any atom is -0.371 e. The average molecular weight is 239 g/mol. The maximum atomic E-state index is 11.0. The van der Waals surface area contributed by atoms with Crippen LogP contribution in [0.3, 0.4) is 0 Å². The topological polar surface area (TPSA) is 46.3 Å². The first-order valence-electron chi connectivity index (χ1n) is 5.46. The van der Waals surface area contributed by atoms with E-state index in [0.29, 0.717) is 0 Å². The SMILES string of the molecule is NC(=O)C1CCN(c2cccc(Cl)c2)CC1. The lowest BCUT2D eigenvalue weighted by Gasteiger charge is -2.32. The predicted molar refractivity (Wildman–Crippen MR) is 65.6 cm³/mol. The van der Waals surface area contributed by atoms with Crippen molar-refractivity contribution < 1.29 is 4.79 Å². The van der Waals surface area contributed by atoms with Crippen molar-refractivity contribution in [1.29, 1.82) is 0 Å². The number of piperidine rings is 1. The van der Waals surface area contributed by atoms with Crippen molar-refractivity contribution in [2.75, 3.05) is 18.0 Å². The van der Waals surface area contributed by atoms with E-state index in [9.17, 15) is 4.79 Å². The number of carbonyl (C=O) groups excluding carboxylic acids is 1. The number of halogens is 1. The molecule has 1 heterocycles. The van der Waals surface area contributed by atoms with Crippen molar-refractivity contribution >= 4 is 23.2 Å². The van der Waals surface area contributed by atoms with Gasteiger partial charge in [0.05, 0.1) is 0 Å². The van der Waals surface area contributed by atoms with Gasteiger partial charge in [-0.2, -0.15) is 0 Å². The molecule has 0 unspecified atom stereocenters. The van der Waals surface area contributed by atoms with E-state index in [4.69, 9.17) is 17.3 Å². The number of hydrogen-bond acceptors (Lipinski definition) is 2. The van der Waals surface area contributed by atoms with Gasteiger partial charge in [0.1, 0.15) is 0 Å². The van der Waals surface area contributed by atoms with E-state index in [1.54, 1.807) is 0 Å². The summed E-state index contributed by atoms with van der Waals surface area (Å²) in [6.07, 6.45) is 1.67. The second-order valence-corrected chi connectivity index (χ2v) is 4.58. The smallest absolute Gasteiger partial charge is 0.220 e. The van der Waals surface area contributed by atoms with E-state index in [1.807, 2.05) is 24.3 Å². The number of nitrogens with two attached hydrogens (primary N) is 1. The zero-order valence-corrected chi connectivity index (χ0v) is 9.78. The Hall–Kier alpha value is -1.22. The van der Waals surface area contributed by atoms with Gasteiger partial charge in [0.2, 0.25) is 5.91 Å². The van der Waals surface area contributed by atoms with Gasteiger partial charge < -0.3 is 10.6 Å². The Bertz CT molecular complexity index is 386. The van der Waals surface area contributed by atoms with Crippen LogP contribution in [0.5, 0.6) is 0 Å². The highest BCUT2D eigenvalue weighted by Gasteiger charge is 2.23. The predicted octanol–water partition coefficient (Wildman–Crippen LogP) is 2.04. The van der Waals surface area contributed by atoms with E-state index < -0.39 is 0 Å². The van der Waals surface area contributed by atoms with Crippen molar-refractivity contribution in [3.05, 3.63) is 29.3 Å². The molecule has 0 atom stereocenters. The molecule has 2 N–H and O–H groups in total. The van der Waals surface area contributed by atoms with Crippen molar-refractivity contribution in [3.8, 4) is 0 Å². The molecule has 1 fully saturated rings. The molecule has 3 nitrogen and oxygen atoms in total. The molecule has 2 rings (SSSR count). The Morgan fingerprint density at radius 2 is 2.06 bits per heavy atom. The molecule has 1 aromatic carbocycles. The third kappa shape index (κ3) is 2.47. The van der Waals surface area contributed by atoms with E-state index in [0.717, 1.165) is 36.6 Å². The summed E-state index contributed by atoms with van der Waals surface area (Å²) in [5.41, 5.74) is 6.42. The Balaban J connectivity index is 2.01. The van der Waals surface area contributed by atoms with E-state index in [2.05, 4.69) is 4.90 Å². The van der Waals surface area contributed by atoms with Crippen LogP contribution in [0.1, 0.15) is 12.8 Å². The van der Waals surface area contributed by atoms with Gasteiger partial charge in [-0.3, -0.25) is 4.79 Å². The average Bonchev–Trinajstić information content (AvgIpc) is 2.29. The number of anilines is 1. The fraction of sp³-hybridized carbons (Fsp3) is 0.417. The molecule has 1 amide bonds. The summed E-state index contributed by atoms with van der Waals surface area (Å²) in [6, 6.07) is 7.79. The highest BCUT2D eigenvalue weighted by Crippen LogP contribution is 2.25. The fourth-order valence-corrected chi connectivity index (χ4v) is 2.28. The summed E-state index contributed by atoms with van der Waals surface area (Å²) in [5, 5.41) is 0.745. The minimum atomic E-state index is -0.175. The number of amides is 1. The Labute approximate surface area is 100 Å². The van der Waals surface area contributed by atoms with Crippen molar-refractivity contribution in [3.63, 3.8) is 0 Å². The number of nitrogens with zero attached hydrogens (tertiary/aromatic N) is 1. The Morgan fingerprint density at radius 3 is 2.62 bits per heavy atom. The van der Waals surface area contributed by atoms with Crippen molar-refractivity contribution in [2.45, 2.75) is 12.8 Å². The zero-order chi connectivity index (χ0) is 11.5. The fourth-order valence-electron chi connectivity index (χ4n) is 2.10. The molecule has 0 spiro atoms. The largest absolute Gasteiger partial charge is 0.371 e. The standard InChI is InChI=1S/C12H15ClN2O/c13-10-2-1-3-11(8-10)15-6-4-9(5-7-15)12(14)16/h1-3,8-9H,4-7H2,(H2,14,16). The molecule has 0 aromatic heterocycles. The summed E-state index contributed by atoms with van der Waals surface area (Å²) in [7, 11) is 0. The number of primary amides is 1. The lowest BCUT2D eigenvalue weighted by atomic mass is 9.96. The summed E-state index contributed by atoms with van der Waals surface area (Å²) < 4.78 is 0. The van der Waals surface area contributed by atoms with Gasteiger partial charge in [0.15, 0.2) is 0 Å². The first kappa shape index (κ1) is 11.3. The first-order chi connectivity index (χ1) is 7.66. The van der Waals surface area contributed by atoms with Crippen LogP contribution >= 0.6 is 11.6 Å². The van der Waals surface area contributed by atoms with E-state index in [1.165, 1.54) is 0 Å². The lowest BCUT2D eigenvalue weighted by molar-refractivity contribution is -0.122. The summed E-state index contributed by atoms with van der Waals surface area (Å²) >= 11 is 5.94. The van der Waals surface area contributed by atoms with Crippen LogP contribution in [0.25, 0.3) is 0 Å². The van der Waals surface area contributed by atoms with E-state index >= 15 is 0 Å².